The molecule has 0 heterocycles. The number of aliphatic carboxylic acids is 1. The average Bonchev–Trinajstić information content (AvgIpc) is 2.26. The number of carboxylic acids is 1. The zero-order valence-electron chi connectivity index (χ0n) is 8.04. The Morgan fingerprint density at radius 3 is 2.33 bits per heavy atom. The van der Waals surface area contributed by atoms with Crippen molar-refractivity contribution in [2.45, 2.75) is 6.10 Å². The number of hydrogen-bond acceptors (Lipinski definition) is 4. The van der Waals surface area contributed by atoms with Crippen LogP contribution in [0.3, 0.4) is 0 Å². The molecule has 5 heteroatoms. The monoisotopic (exact) mass is 210 g/mol. The van der Waals surface area contributed by atoms with Gasteiger partial charge in [-0.05, 0) is 0 Å². The van der Waals surface area contributed by atoms with E-state index in [9.17, 15) is 9.59 Å². The van der Waals surface area contributed by atoms with Crippen molar-refractivity contribution in [2.24, 2.45) is 0 Å². The Morgan fingerprint density at radius 2 is 1.87 bits per heavy atom. The van der Waals surface area contributed by atoms with Gasteiger partial charge >= 0.3 is 12.1 Å². The van der Waals surface area contributed by atoms with Crippen LogP contribution < -0.4 is 0 Å². The highest BCUT2D eigenvalue weighted by molar-refractivity contribution is 5.77. The van der Waals surface area contributed by atoms with Crippen molar-refractivity contribution in [3.8, 4) is 0 Å². The molecule has 0 fully saturated rings. The smallest absolute Gasteiger partial charge is 0.478 e. The molecule has 0 aliphatic heterocycles. The summed E-state index contributed by atoms with van der Waals surface area (Å²) in [4.78, 5) is 21.6. The fraction of sp³-hybridized carbons (Fsp3) is 0.200. The summed E-state index contributed by atoms with van der Waals surface area (Å²) in [5, 5.41) is 8.84. The molecule has 15 heavy (non-hydrogen) atoms. The summed E-state index contributed by atoms with van der Waals surface area (Å²) >= 11 is 0. The van der Waals surface area contributed by atoms with E-state index in [1.165, 1.54) is 0 Å². The average molecular weight is 210 g/mol. The molecule has 1 N–H and O–H groups in total. The van der Waals surface area contributed by atoms with E-state index >= 15 is 0 Å². The zero-order valence-corrected chi connectivity index (χ0v) is 8.04. The Morgan fingerprint density at radius 1 is 1.27 bits per heavy atom. The zero-order chi connectivity index (χ0) is 11.3. The number of carbonyl (C=O) groups is 2. The van der Waals surface area contributed by atoms with E-state index in [4.69, 9.17) is 5.11 Å². The van der Waals surface area contributed by atoms with E-state index in [-0.39, 0.29) is 0 Å². The molecule has 0 amide bonds. The molecule has 0 saturated heterocycles. The topological polar surface area (TPSA) is 72.8 Å². The van der Waals surface area contributed by atoms with Crippen LogP contribution in [0.2, 0.25) is 0 Å². The van der Waals surface area contributed by atoms with Gasteiger partial charge in [-0.3, -0.25) is 0 Å². The highest BCUT2D eigenvalue weighted by atomic mass is 16.7. The van der Waals surface area contributed by atoms with Crippen molar-refractivity contribution in [3.05, 3.63) is 35.9 Å². The molecule has 0 aliphatic carbocycles. The Bertz CT molecular complexity index is 346. The van der Waals surface area contributed by atoms with E-state index in [0.29, 0.717) is 5.56 Å². The lowest BCUT2D eigenvalue weighted by molar-refractivity contribution is -0.148. The largest absolute Gasteiger partial charge is 0.509 e. The molecule has 0 radical (unpaired) electrons. The van der Waals surface area contributed by atoms with Gasteiger partial charge in [0.15, 0.2) is 0 Å². The van der Waals surface area contributed by atoms with Crippen molar-refractivity contribution in [1.82, 2.24) is 0 Å². The first-order valence-corrected chi connectivity index (χ1v) is 4.17. The van der Waals surface area contributed by atoms with Crippen LogP contribution in [-0.4, -0.2) is 24.3 Å². The maximum absolute atomic E-state index is 10.8. The summed E-state index contributed by atoms with van der Waals surface area (Å²) in [6.07, 6.45) is -2.36. The fourth-order valence-corrected chi connectivity index (χ4v) is 1.03. The second-order valence-electron chi connectivity index (χ2n) is 2.70. The van der Waals surface area contributed by atoms with Gasteiger partial charge < -0.3 is 14.6 Å². The first-order valence-electron chi connectivity index (χ1n) is 4.17. The number of methoxy groups -OCH3 is 1. The number of ether oxygens (including phenoxy) is 2. The van der Waals surface area contributed by atoms with Crippen LogP contribution >= 0.6 is 0 Å². The first-order chi connectivity index (χ1) is 7.15. The quantitative estimate of drug-likeness (QED) is 0.767. The number of benzene rings is 1. The van der Waals surface area contributed by atoms with Crippen LogP contribution in [0.1, 0.15) is 11.7 Å². The fourth-order valence-electron chi connectivity index (χ4n) is 1.03. The summed E-state index contributed by atoms with van der Waals surface area (Å²) in [5.41, 5.74) is 0.385. The van der Waals surface area contributed by atoms with Gasteiger partial charge in [0.2, 0.25) is 6.10 Å². The standard InChI is InChI=1S/C10H10O5/c1-14-10(13)15-8(9(11)12)7-5-3-2-4-6-7/h2-6,8H,1H3,(H,11,12)/t8-/m1/s1. The predicted molar refractivity (Wildman–Crippen MR) is 50.3 cm³/mol. The molecule has 1 aromatic carbocycles. The molecule has 80 valence electrons. The molecule has 1 atom stereocenters. The van der Waals surface area contributed by atoms with Crippen LogP contribution in [0.5, 0.6) is 0 Å². The summed E-state index contributed by atoms with van der Waals surface area (Å²) in [6.45, 7) is 0. The molecule has 0 saturated carbocycles. The van der Waals surface area contributed by atoms with E-state index in [1.54, 1.807) is 30.3 Å². The van der Waals surface area contributed by atoms with Crippen molar-refractivity contribution in [2.75, 3.05) is 7.11 Å². The Balaban J connectivity index is 2.84. The van der Waals surface area contributed by atoms with Crippen molar-refractivity contribution in [1.29, 1.82) is 0 Å². The van der Waals surface area contributed by atoms with E-state index < -0.39 is 18.2 Å². The maximum Gasteiger partial charge on any atom is 0.509 e. The summed E-state index contributed by atoms with van der Waals surface area (Å²) in [7, 11) is 1.12. The van der Waals surface area contributed by atoms with Crippen LogP contribution in [0.4, 0.5) is 4.79 Å². The summed E-state index contributed by atoms with van der Waals surface area (Å²) < 4.78 is 8.81. The highest BCUT2D eigenvalue weighted by Crippen LogP contribution is 2.17. The third kappa shape index (κ3) is 2.98. The third-order valence-electron chi connectivity index (χ3n) is 1.71. The summed E-state index contributed by atoms with van der Waals surface area (Å²) in [5.74, 6) is -1.24. The van der Waals surface area contributed by atoms with Crippen molar-refractivity contribution in [3.63, 3.8) is 0 Å². The molecule has 0 aromatic heterocycles. The molecule has 1 aromatic rings. The number of hydrogen-bond donors (Lipinski definition) is 1. The van der Waals surface area contributed by atoms with Gasteiger partial charge in [0.1, 0.15) is 0 Å². The minimum atomic E-state index is -1.33. The normalized spacial score (nSPS) is 11.5. The lowest BCUT2D eigenvalue weighted by Gasteiger charge is -2.12. The third-order valence-corrected chi connectivity index (χ3v) is 1.71. The molecule has 0 aliphatic rings. The second-order valence-corrected chi connectivity index (χ2v) is 2.70. The minimum absolute atomic E-state index is 0.385. The molecule has 0 spiro atoms. The Kier molecular flexibility index (Phi) is 3.68. The molecule has 5 nitrogen and oxygen atoms in total. The highest BCUT2D eigenvalue weighted by Gasteiger charge is 2.24. The van der Waals surface area contributed by atoms with Crippen molar-refractivity contribution < 1.29 is 24.2 Å². The van der Waals surface area contributed by atoms with E-state index in [2.05, 4.69) is 9.47 Å². The Labute approximate surface area is 86.2 Å². The van der Waals surface area contributed by atoms with Gasteiger partial charge in [0.25, 0.3) is 0 Å². The SMILES string of the molecule is COC(=O)O[C@@H](C(=O)O)c1ccccc1. The Hall–Kier alpha value is -2.04. The van der Waals surface area contributed by atoms with Gasteiger partial charge in [-0.1, -0.05) is 30.3 Å². The molecule has 0 unspecified atom stereocenters. The number of rotatable bonds is 3. The molecular weight excluding hydrogens is 200 g/mol. The predicted octanol–water partition coefficient (Wildman–Crippen LogP) is 1.60. The van der Waals surface area contributed by atoms with E-state index in [0.717, 1.165) is 7.11 Å². The van der Waals surface area contributed by atoms with Gasteiger partial charge in [0, 0.05) is 5.56 Å². The van der Waals surface area contributed by atoms with Crippen LogP contribution in [0.15, 0.2) is 30.3 Å². The van der Waals surface area contributed by atoms with Crippen LogP contribution in [-0.2, 0) is 14.3 Å². The summed E-state index contributed by atoms with van der Waals surface area (Å²) in [6, 6.07) is 8.17. The minimum Gasteiger partial charge on any atom is -0.478 e. The lowest BCUT2D eigenvalue weighted by Crippen LogP contribution is -2.19. The van der Waals surface area contributed by atoms with Crippen LogP contribution in [0.25, 0.3) is 0 Å². The van der Waals surface area contributed by atoms with Crippen LogP contribution in [0, 0.1) is 0 Å². The van der Waals surface area contributed by atoms with Gasteiger partial charge in [-0.2, -0.15) is 0 Å². The van der Waals surface area contributed by atoms with E-state index in [1.807, 2.05) is 0 Å². The first kappa shape index (κ1) is 11.0. The van der Waals surface area contributed by atoms with Crippen molar-refractivity contribution >= 4 is 12.1 Å². The number of carboxylic acid groups (broad SMARTS) is 1. The lowest BCUT2D eigenvalue weighted by atomic mass is 10.1. The molecule has 1 rings (SSSR count). The van der Waals surface area contributed by atoms with Gasteiger partial charge in [0.05, 0.1) is 7.11 Å². The van der Waals surface area contributed by atoms with Gasteiger partial charge in [-0.15, -0.1) is 0 Å². The molecular formula is C10H10O5. The van der Waals surface area contributed by atoms with Gasteiger partial charge in [-0.25, -0.2) is 9.59 Å². The molecule has 0 bridgehead atoms. The maximum atomic E-state index is 10.8. The second kappa shape index (κ2) is 4.99. The number of carbonyl (C=O) groups excluding carboxylic acids is 1.